The van der Waals surface area contributed by atoms with Gasteiger partial charge in [0.15, 0.2) is 0 Å². The number of amides is 2. The van der Waals surface area contributed by atoms with Gasteiger partial charge in [-0.2, -0.15) is 5.10 Å². The van der Waals surface area contributed by atoms with Crippen LogP contribution in [0.5, 0.6) is 0 Å². The second-order valence-corrected chi connectivity index (χ2v) is 6.18. The van der Waals surface area contributed by atoms with E-state index in [1.54, 1.807) is 6.20 Å². The first-order chi connectivity index (χ1) is 11.3. The van der Waals surface area contributed by atoms with Crippen molar-refractivity contribution in [2.24, 2.45) is 5.92 Å². The van der Waals surface area contributed by atoms with Crippen LogP contribution in [-0.4, -0.2) is 33.9 Å². The minimum absolute atomic E-state index is 0.0781. The highest BCUT2D eigenvalue weighted by Crippen LogP contribution is 2.23. The van der Waals surface area contributed by atoms with Crippen LogP contribution in [0.1, 0.15) is 17.5 Å². The summed E-state index contributed by atoms with van der Waals surface area (Å²) in [6.07, 6.45) is 2.78. The van der Waals surface area contributed by atoms with Gasteiger partial charge in [-0.3, -0.25) is 5.32 Å². The normalized spacial score (nSPS) is 19.8. The largest absolute Gasteiger partial charge is 0.381 e. The quantitative estimate of drug-likeness (QED) is 0.947. The van der Waals surface area contributed by atoms with Crippen LogP contribution < -0.4 is 5.32 Å². The Bertz CT molecular complexity index is 681. The minimum atomic E-state index is -0.0781. The van der Waals surface area contributed by atoms with Gasteiger partial charge < -0.3 is 9.64 Å². The topological polar surface area (TPSA) is 59.4 Å². The number of nitrogens with zero attached hydrogens (tertiary/aromatic N) is 3. The molecule has 6 nitrogen and oxygen atoms in total. The Balaban J connectivity index is 1.41. The SMILES string of the molecule is O=C(Nc1ccnn1CC1CCOC1)N1Cc2ccccc2C1. The van der Waals surface area contributed by atoms with Crippen LogP contribution in [0.25, 0.3) is 0 Å². The molecule has 23 heavy (non-hydrogen) atoms. The first kappa shape index (κ1) is 14.3. The van der Waals surface area contributed by atoms with Crippen LogP contribution in [0.15, 0.2) is 36.5 Å². The molecule has 0 radical (unpaired) electrons. The maximum atomic E-state index is 12.5. The molecule has 0 spiro atoms. The Labute approximate surface area is 135 Å². The van der Waals surface area contributed by atoms with Gasteiger partial charge in [0.2, 0.25) is 0 Å². The molecular weight excluding hydrogens is 292 g/mol. The maximum Gasteiger partial charge on any atom is 0.323 e. The van der Waals surface area contributed by atoms with E-state index >= 15 is 0 Å². The van der Waals surface area contributed by atoms with Crippen molar-refractivity contribution in [2.75, 3.05) is 18.5 Å². The van der Waals surface area contributed by atoms with Crippen LogP contribution in [0, 0.1) is 5.92 Å². The van der Waals surface area contributed by atoms with Crippen molar-refractivity contribution in [2.45, 2.75) is 26.1 Å². The molecule has 1 saturated heterocycles. The fourth-order valence-corrected chi connectivity index (χ4v) is 3.22. The highest BCUT2D eigenvalue weighted by molar-refractivity contribution is 5.88. The Morgan fingerprint density at radius 2 is 2.04 bits per heavy atom. The average Bonchev–Trinajstić information content (AvgIpc) is 3.28. The van der Waals surface area contributed by atoms with Gasteiger partial charge in [-0.1, -0.05) is 24.3 Å². The monoisotopic (exact) mass is 312 g/mol. The van der Waals surface area contributed by atoms with Crippen molar-refractivity contribution >= 4 is 11.8 Å². The van der Waals surface area contributed by atoms with Crippen molar-refractivity contribution in [3.8, 4) is 0 Å². The third-order valence-electron chi connectivity index (χ3n) is 4.53. The number of hydrogen-bond donors (Lipinski definition) is 1. The van der Waals surface area contributed by atoms with Crippen LogP contribution in [0.2, 0.25) is 0 Å². The smallest absolute Gasteiger partial charge is 0.323 e. The molecular formula is C17H20N4O2. The summed E-state index contributed by atoms with van der Waals surface area (Å²) in [7, 11) is 0. The number of rotatable bonds is 3. The predicted molar refractivity (Wildman–Crippen MR) is 85.9 cm³/mol. The van der Waals surface area contributed by atoms with Crippen molar-refractivity contribution < 1.29 is 9.53 Å². The Morgan fingerprint density at radius 1 is 1.26 bits per heavy atom. The van der Waals surface area contributed by atoms with E-state index in [1.807, 2.05) is 27.8 Å². The van der Waals surface area contributed by atoms with Gasteiger partial charge in [0, 0.05) is 38.2 Å². The summed E-state index contributed by atoms with van der Waals surface area (Å²) in [4.78, 5) is 14.3. The van der Waals surface area contributed by atoms with Crippen molar-refractivity contribution in [1.29, 1.82) is 0 Å². The first-order valence-corrected chi connectivity index (χ1v) is 8.02. The van der Waals surface area contributed by atoms with Crippen molar-refractivity contribution in [3.63, 3.8) is 0 Å². The van der Waals surface area contributed by atoms with E-state index in [4.69, 9.17) is 4.74 Å². The fraction of sp³-hybridized carbons (Fsp3) is 0.412. The van der Waals surface area contributed by atoms with Gasteiger partial charge in [0.05, 0.1) is 12.8 Å². The number of urea groups is 1. The first-order valence-electron chi connectivity index (χ1n) is 8.02. The number of carbonyl (C=O) groups is 1. The molecule has 1 atom stereocenters. The second-order valence-electron chi connectivity index (χ2n) is 6.18. The van der Waals surface area contributed by atoms with E-state index in [1.165, 1.54) is 11.1 Å². The lowest BCUT2D eigenvalue weighted by Crippen LogP contribution is -2.31. The van der Waals surface area contributed by atoms with Gasteiger partial charge in [0.25, 0.3) is 0 Å². The van der Waals surface area contributed by atoms with Crippen molar-refractivity contribution in [3.05, 3.63) is 47.7 Å². The lowest BCUT2D eigenvalue weighted by atomic mass is 10.1. The fourth-order valence-electron chi connectivity index (χ4n) is 3.22. The minimum Gasteiger partial charge on any atom is -0.381 e. The summed E-state index contributed by atoms with van der Waals surface area (Å²) in [5, 5.41) is 7.31. The summed E-state index contributed by atoms with van der Waals surface area (Å²) in [5.41, 5.74) is 2.44. The zero-order valence-electron chi connectivity index (χ0n) is 12.9. The lowest BCUT2D eigenvalue weighted by Gasteiger charge is -2.18. The van der Waals surface area contributed by atoms with Gasteiger partial charge in [-0.15, -0.1) is 0 Å². The Morgan fingerprint density at radius 3 is 2.74 bits per heavy atom. The van der Waals surface area contributed by atoms with E-state index in [2.05, 4.69) is 22.5 Å². The molecule has 0 saturated carbocycles. The third kappa shape index (κ3) is 2.94. The third-order valence-corrected chi connectivity index (χ3v) is 4.53. The average molecular weight is 312 g/mol. The Hall–Kier alpha value is -2.34. The predicted octanol–water partition coefficient (Wildman–Crippen LogP) is 2.47. The molecule has 0 bridgehead atoms. The molecule has 1 aromatic heterocycles. The number of ether oxygens (including phenoxy) is 1. The van der Waals surface area contributed by atoms with Crippen molar-refractivity contribution in [1.82, 2.24) is 14.7 Å². The standard InChI is InChI=1S/C17H20N4O2/c22-17(20-10-14-3-1-2-4-15(14)11-20)19-16-5-7-18-21(16)9-13-6-8-23-12-13/h1-5,7,13H,6,8-12H2,(H,19,22). The molecule has 1 unspecified atom stereocenters. The molecule has 6 heteroatoms. The molecule has 120 valence electrons. The summed E-state index contributed by atoms with van der Waals surface area (Å²) in [5.74, 6) is 1.22. The summed E-state index contributed by atoms with van der Waals surface area (Å²) in [6, 6.07) is 9.94. The highest BCUT2D eigenvalue weighted by Gasteiger charge is 2.24. The lowest BCUT2D eigenvalue weighted by molar-refractivity contribution is 0.181. The summed E-state index contributed by atoms with van der Waals surface area (Å²) in [6.45, 7) is 3.69. The van der Waals surface area contributed by atoms with E-state index in [9.17, 15) is 4.79 Å². The van der Waals surface area contributed by atoms with Crippen LogP contribution in [-0.2, 0) is 24.4 Å². The van der Waals surface area contributed by atoms with Crippen LogP contribution >= 0.6 is 0 Å². The molecule has 1 aromatic carbocycles. The number of carbonyl (C=O) groups excluding carboxylic acids is 1. The number of aromatic nitrogens is 2. The highest BCUT2D eigenvalue weighted by atomic mass is 16.5. The summed E-state index contributed by atoms with van der Waals surface area (Å²) >= 11 is 0. The second kappa shape index (κ2) is 6.04. The maximum absolute atomic E-state index is 12.5. The van der Waals surface area contributed by atoms with Crippen LogP contribution in [0.4, 0.5) is 10.6 Å². The van der Waals surface area contributed by atoms with Crippen LogP contribution in [0.3, 0.4) is 0 Å². The molecule has 2 aliphatic rings. The molecule has 0 aliphatic carbocycles. The van der Waals surface area contributed by atoms with Gasteiger partial charge in [-0.25, -0.2) is 9.48 Å². The van der Waals surface area contributed by atoms with E-state index < -0.39 is 0 Å². The molecule has 2 amide bonds. The number of nitrogens with one attached hydrogen (secondary N) is 1. The van der Waals surface area contributed by atoms with Gasteiger partial charge >= 0.3 is 6.03 Å². The number of fused-ring (bicyclic) bond motifs is 1. The molecule has 4 rings (SSSR count). The summed E-state index contributed by atoms with van der Waals surface area (Å²) < 4.78 is 7.27. The van der Waals surface area contributed by atoms with E-state index in [0.717, 1.165) is 32.0 Å². The Kier molecular flexibility index (Phi) is 3.75. The number of benzene rings is 1. The number of hydrogen-bond acceptors (Lipinski definition) is 3. The molecule has 2 aliphatic heterocycles. The number of anilines is 1. The molecule has 1 N–H and O–H groups in total. The molecule has 1 fully saturated rings. The van der Waals surface area contributed by atoms with E-state index in [0.29, 0.717) is 19.0 Å². The molecule has 3 heterocycles. The zero-order chi connectivity index (χ0) is 15.6. The van der Waals surface area contributed by atoms with Gasteiger partial charge in [-0.05, 0) is 17.5 Å². The van der Waals surface area contributed by atoms with E-state index in [-0.39, 0.29) is 6.03 Å². The molecule has 2 aromatic rings. The zero-order valence-corrected chi connectivity index (χ0v) is 12.9. The van der Waals surface area contributed by atoms with Gasteiger partial charge in [0.1, 0.15) is 5.82 Å².